The van der Waals surface area contributed by atoms with Gasteiger partial charge in [0.05, 0.1) is 24.6 Å². The monoisotopic (exact) mass is 290 g/mol. The van der Waals surface area contributed by atoms with Crippen molar-refractivity contribution in [3.05, 3.63) is 17.7 Å². The van der Waals surface area contributed by atoms with Gasteiger partial charge in [-0.3, -0.25) is 9.59 Å². The molecule has 5 N–H and O–H groups in total. The minimum Gasteiger partial charge on any atom is -0.397 e. The van der Waals surface area contributed by atoms with Gasteiger partial charge in [0.1, 0.15) is 6.04 Å². The van der Waals surface area contributed by atoms with Crippen LogP contribution >= 0.6 is 0 Å². The quantitative estimate of drug-likeness (QED) is 0.656. The highest BCUT2D eigenvalue weighted by molar-refractivity contribution is 5.96. The molecular formula is C14H18N4O3. The van der Waals surface area contributed by atoms with Crippen molar-refractivity contribution in [3.8, 4) is 0 Å². The summed E-state index contributed by atoms with van der Waals surface area (Å²) < 4.78 is 5.31. The number of hydrogen-bond donors (Lipinski definition) is 3. The maximum absolute atomic E-state index is 11.6. The normalized spacial score (nSPS) is 21.6. The van der Waals surface area contributed by atoms with Crippen molar-refractivity contribution < 1.29 is 14.3 Å². The smallest absolute Gasteiger partial charge is 0.242 e. The van der Waals surface area contributed by atoms with Gasteiger partial charge in [-0.05, 0) is 24.1 Å². The van der Waals surface area contributed by atoms with Gasteiger partial charge >= 0.3 is 0 Å². The zero-order chi connectivity index (χ0) is 15.0. The van der Waals surface area contributed by atoms with Crippen LogP contribution in [0.25, 0.3) is 0 Å². The summed E-state index contributed by atoms with van der Waals surface area (Å²) in [4.78, 5) is 25.0. The summed E-state index contributed by atoms with van der Waals surface area (Å²) in [7, 11) is 0. The zero-order valence-corrected chi connectivity index (χ0v) is 11.6. The average Bonchev–Trinajstić information content (AvgIpc) is 2.47. The molecule has 0 bridgehead atoms. The van der Waals surface area contributed by atoms with Gasteiger partial charge in [0.15, 0.2) is 0 Å². The van der Waals surface area contributed by atoms with Gasteiger partial charge < -0.3 is 26.4 Å². The molecule has 1 aromatic carbocycles. The average molecular weight is 290 g/mol. The standard InChI is InChI=1S/C14H18N4O3/c15-9-5-8-1-2-13(19)17-10(8)6-11(9)18-3-4-21-7-12(18)14(16)20/h5-6,12H,1-4,7,15H2,(H2,16,20)(H,17,19). The Balaban J connectivity index is 1.99. The number of carbonyl (C=O) groups excluding carboxylic acids is 2. The number of carbonyl (C=O) groups is 2. The number of hydrogen-bond acceptors (Lipinski definition) is 5. The lowest BCUT2D eigenvalue weighted by molar-refractivity contribution is -0.121. The van der Waals surface area contributed by atoms with Crippen LogP contribution in [0.4, 0.5) is 17.1 Å². The van der Waals surface area contributed by atoms with E-state index in [0.29, 0.717) is 37.4 Å². The maximum atomic E-state index is 11.6. The first kappa shape index (κ1) is 13.7. The number of rotatable bonds is 2. The number of anilines is 3. The molecule has 3 rings (SSSR count). The van der Waals surface area contributed by atoms with Gasteiger partial charge in [-0.1, -0.05) is 0 Å². The van der Waals surface area contributed by atoms with Gasteiger partial charge in [0.2, 0.25) is 11.8 Å². The highest BCUT2D eigenvalue weighted by Gasteiger charge is 2.30. The Kier molecular flexibility index (Phi) is 3.42. The van der Waals surface area contributed by atoms with Gasteiger partial charge in [-0.15, -0.1) is 0 Å². The Morgan fingerprint density at radius 1 is 1.38 bits per heavy atom. The summed E-state index contributed by atoms with van der Waals surface area (Å²) in [5, 5.41) is 2.84. The van der Waals surface area contributed by atoms with Crippen LogP contribution in [0.1, 0.15) is 12.0 Å². The zero-order valence-electron chi connectivity index (χ0n) is 11.6. The van der Waals surface area contributed by atoms with Crippen LogP contribution in [0.5, 0.6) is 0 Å². The molecule has 0 saturated carbocycles. The van der Waals surface area contributed by atoms with E-state index in [4.69, 9.17) is 16.2 Å². The molecule has 7 nitrogen and oxygen atoms in total. The molecule has 7 heteroatoms. The van der Waals surface area contributed by atoms with E-state index in [9.17, 15) is 9.59 Å². The number of aryl methyl sites for hydroxylation is 1. The third-order valence-corrected chi connectivity index (χ3v) is 3.91. The Hall–Kier alpha value is -2.28. The predicted molar refractivity (Wildman–Crippen MR) is 79.0 cm³/mol. The minimum atomic E-state index is -0.543. The Labute approximate surface area is 122 Å². The van der Waals surface area contributed by atoms with Crippen LogP contribution in [0.3, 0.4) is 0 Å². The van der Waals surface area contributed by atoms with Crippen LogP contribution in [0, 0.1) is 0 Å². The number of morpholine rings is 1. The first-order chi connectivity index (χ1) is 10.1. The fourth-order valence-corrected chi connectivity index (χ4v) is 2.81. The van der Waals surface area contributed by atoms with E-state index in [-0.39, 0.29) is 12.5 Å². The Morgan fingerprint density at radius 2 is 2.19 bits per heavy atom. The molecular weight excluding hydrogens is 272 g/mol. The summed E-state index contributed by atoms with van der Waals surface area (Å²) in [6, 6.07) is 3.14. The molecule has 2 amide bonds. The van der Waals surface area contributed by atoms with E-state index >= 15 is 0 Å². The van der Waals surface area contributed by atoms with Crippen molar-refractivity contribution in [1.29, 1.82) is 0 Å². The minimum absolute atomic E-state index is 0.00773. The molecule has 0 radical (unpaired) electrons. The van der Waals surface area contributed by atoms with Crippen molar-refractivity contribution in [3.63, 3.8) is 0 Å². The molecule has 112 valence electrons. The van der Waals surface area contributed by atoms with Crippen LogP contribution in [-0.4, -0.2) is 37.6 Å². The highest BCUT2D eigenvalue weighted by Crippen LogP contribution is 2.34. The molecule has 0 aromatic heterocycles. The van der Waals surface area contributed by atoms with Gasteiger partial charge in [-0.25, -0.2) is 0 Å². The molecule has 0 aliphatic carbocycles. The van der Waals surface area contributed by atoms with Crippen molar-refractivity contribution >= 4 is 28.9 Å². The predicted octanol–water partition coefficient (Wildman–Crippen LogP) is -0.156. The van der Waals surface area contributed by atoms with Crippen molar-refractivity contribution in [1.82, 2.24) is 0 Å². The molecule has 1 atom stereocenters. The van der Waals surface area contributed by atoms with Crippen LogP contribution in [0.2, 0.25) is 0 Å². The maximum Gasteiger partial charge on any atom is 0.242 e. The number of nitrogens with zero attached hydrogens (tertiary/aromatic N) is 1. The first-order valence-corrected chi connectivity index (χ1v) is 6.92. The molecule has 1 aromatic rings. The second-order valence-electron chi connectivity index (χ2n) is 5.30. The van der Waals surface area contributed by atoms with Crippen molar-refractivity contribution in [2.75, 3.05) is 35.7 Å². The van der Waals surface area contributed by atoms with Crippen LogP contribution in [0.15, 0.2) is 12.1 Å². The van der Waals surface area contributed by atoms with Crippen LogP contribution in [-0.2, 0) is 20.7 Å². The molecule has 1 fully saturated rings. The number of ether oxygens (including phenoxy) is 1. The van der Waals surface area contributed by atoms with Gasteiger partial charge in [-0.2, -0.15) is 0 Å². The summed E-state index contributed by atoms with van der Waals surface area (Å²) in [6.07, 6.45) is 1.14. The summed E-state index contributed by atoms with van der Waals surface area (Å²) in [5.41, 5.74) is 14.6. The van der Waals surface area contributed by atoms with Crippen LogP contribution < -0.4 is 21.7 Å². The topological polar surface area (TPSA) is 111 Å². The third-order valence-electron chi connectivity index (χ3n) is 3.91. The van der Waals surface area contributed by atoms with Crippen molar-refractivity contribution in [2.24, 2.45) is 5.73 Å². The Bertz CT molecular complexity index is 602. The van der Waals surface area contributed by atoms with Gasteiger partial charge in [0, 0.05) is 18.7 Å². The second-order valence-corrected chi connectivity index (χ2v) is 5.30. The molecule has 2 aliphatic rings. The number of primary amides is 1. The van der Waals surface area contributed by atoms with E-state index in [1.165, 1.54) is 0 Å². The molecule has 2 aliphatic heterocycles. The SMILES string of the molecule is NC(=O)C1COCCN1c1cc2c(cc1N)CCC(=O)N2. The Morgan fingerprint density at radius 3 is 2.95 bits per heavy atom. The van der Waals surface area contributed by atoms with E-state index in [1.807, 2.05) is 17.0 Å². The summed E-state index contributed by atoms with van der Waals surface area (Å²) in [6.45, 7) is 1.29. The molecule has 1 unspecified atom stereocenters. The lowest BCUT2D eigenvalue weighted by Gasteiger charge is -2.36. The summed E-state index contributed by atoms with van der Waals surface area (Å²) >= 11 is 0. The largest absolute Gasteiger partial charge is 0.397 e. The number of nitrogen functional groups attached to an aromatic ring is 1. The number of amides is 2. The lowest BCUT2D eigenvalue weighted by atomic mass is 10.0. The number of nitrogens with two attached hydrogens (primary N) is 2. The number of nitrogens with one attached hydrogen (secondary N) is 1. The molecule has 2 heterocycles. The number of fused-ring (bicyclic) bond motifs is 1. The molecule has 21 heavy (non-hydrogen) atoms. The van der Waals surface area contributed by atoms with E-state index in [1.54, 1.807) is 0 Å². The molecule has 0 spiro atoms. The highest BCUT2D eigenvalue weighted by atomic mass is 16.5. The van der Waals surface area contributed by atoms with Gasteiger partial charge in [0.25, 0.3) is 0 Å². The molecule has 1 saturated heterocycles. The second kappa shape index (κ2) is 5.25. The number of benzene rings is 1. The first-order valence-electron chi connectivity index (χ1n) is 6.92. The fourth-order valence-electron chi connectivity index (χ4n) is 2.81. The summed E-state index contributed by atoms with van der Waals surface area (Å²) in [5.74, 6) is -0.456. The lowest BCUT2D eigenvalue weighted by Crippen LogP contribution is -2.52. The van der Waals surface area contributed by atoms with E-state index in [2.05, 4.69) is 5.32 Å². The third kappa shape index (κ3) is 2.52. The fraction of sp³-hybridized carbons (Fsp3) is 0.429. The van der Waals surface area contributed by atoms with E-state index in [0.717, 1.165) is 11.3 Å². The van der Waals surface area contributed by atoms with E-state index < -0.39 is 11.9 Å². The van der Waals surface area contributed by atoms with Crippen molar-refractivity contribution in [2.45, 2.75) is 18.9 Å².